The van der Waals surface area contributed by atoms with Gasteiger partial charge in [-0.1, -0.05) is 90.4 Å². The van der Waals surface area contributed by atoms with Crippen molar-refractivity contribution in [2.45, 2.75) is 6.04 Å². The second-order valence-corrected chi connectivity index (χ2v) is 7.46. The number of nitrogens with one attached hydrogen (secondary N) is 1. The van der Waals surface area contributed by atoms with Crippen LogP contribution >= 0.6 is 23.2 Å². The lowest BCUT2D eigenvalue weighted by atomic mass is 9.98. The molecule has 0 radical (unpaired) electrons. The van der Waals surface area contributed by atoms with Gasteiger partial charge in [0, 0.05) is 0 Å². The molecule has 0 unspecified atom stereocenters. The number of hydrogen-bond acceptors (Lipinski definition) is 4. The molecule has 4 aromatic rings. The van der Waals surface area contributed by atoms with E-state index in [4.69, 9.17) is 23.2 Å². The fraction of sp³-hybridized carbons (Fsp3) is 0.0435. The molecular weight excluding hydrogens is 419 g/mol. The molecule has 0 aliphatic rings. The lowest BCUT2D eigenvalue weighted by Gasteiger charge is -2.21. The van der Waals surface area contributed by atoms with Crippen molar-refractivity contribution >= 4 is 28.9 Å². The number of aromatic nitrogens is 3. The first-order chi connectivity index (χ1) is 14.5. The van der Waals surface area contributed by atoms with Gasteiger partial charge in [-0.3, -0.25) is 0 Å². The van der Waals surface area contributed by atoms with Crippen molar-refractivity contribution in [3.63, 3.8) is 0 Å². The molecule has 2 N–H and O–H groups in total. The molecule has 150 valence electrons. The van der Waals surface area contributed by atoms with E-state index in [1.54, 1.807) is 18.5 Å². The van der Waals surface area contributed by atoms with Crippen LogP contribution in [0.3, 0.4) is 0 Å². The quantitative estimate of drug-likeness (QED) is 0.411. The minimum absolute atomic E-state index is 0.107. The average molecular weight is 437 g/mol. The number of rotatable bonds is 6. The van der Waals surface area contributed by atoms with Gasteiger partial charge in [0.15, 0.2) is 11.6 Å². The van der Waals surface area contributed by atoms with Gasteiger partial charge in [0.25, 0.3) is 0 Å². The summed E-state index contributed by atoms with van der Waals surface area (Å²) in [6.45, 7) is 4.13. The van der Waals surface area contributed by atoms with Crippen molar-refractivity contribution in [2.75, 3.05) is 0 Å². The lowest BCUT2D eigenvalue weighted by molar-refractivity contribution is 0.475. The minimum Gasteiger partial charge on any atom is -0.505 e. The van der Waals surface area contributed by atoms with Gasteiger partial charge >= 0.3 is 0 Å². The van der Waals surface area contributed by atoms with Gasteiger partial charge < -0.3 is 10.4 Å². The molecule has 3 aromatic carbocycles. The molecule has 0 saturated carbocycles. The Bertz CT molecular complexity index is 1110. The molecule has 0 bridgehead atoms. The largest absolute Gasteiger partial charge is 0.505 e. The van der Waals surface area contributed by atoms with E-state index < -0.39 is 0 Å². The average Bonchev–Trinajstić information content (AvgIpc) is 3.27. The van der Waals surface area contributed by atoms with Gasteiger partial charge in [0.2, 0.25) is 0 Å². The summed E-state index contributed by atoms with van der Waals surface area (Å²) in [6.07, 6.45) is 1.54. The van der Waals surface area contributed by atoms with Gasteiger partial charge in [-0.05, 0) is 23.3 Å². The van der Waals surface area contributed by atoms with Gasteiger partial charge in [-0.15, -0.1) is 5.10 Å². The molecular formula is C23H18Cl2N4O. The Balaban J connectivity index is 1.61. The zero-order chi connectivity index (χ0) is 21.1. The summed E-state index contributed by atoms with van der Waals surface area (Å²) in [6, 6.07) is 23.2. The van der Waals surface area contributed by atoms with E-state index in [9.17, 15) is 5.11 Å². The van der Waals surface area contributed by atoms with Crippen molar-refractivity contribution in [1.82, 2.24) is 20.1 Å². The van der Waals surface area contributed by atoms with Gasteiger partial charge in [-0.25, -0.2) is 9.67 Å². The van der Waals surface area contributed by atoms with Crippen LogP contribution in [0, 0.1) is 0 Å². The zero-order valence-electron chi connectivity index (χ0n) is 15.8. The zero-order valence-corrected chi connectivity index (χ0v) is 17.3. The van der Waals surface area contributed by atoms with E-state index >= 15 is 0 Å². The molecule has 30 heavy (non-hydrogen) atoms. The second-order valence-electron chi connectivity index (χ2n) is 6.65. The highest BCUT2D eigenvalue weighted by Crippen LogP contribution is 2.34. The van der Waals surface area contributed by atoms with Crippen LogP contribution in [0.1, 0.15) is 23.0 Å². The van der Waals surface area contributed by atoms with E-state index in [1.165, 1.54) is 4.68 Å². The van der Waals surface area contributed by atoms with Crippen molar-refractivity contribution in [2.24, 2.45) is 0 Å². The fourth-order valence-electron chi connectivity index (χ4n) is 3.10. The molecule has 4 rings (SSSR count). The van der Waals surface area contributed by atoms with Crippen LogP contribution in [-0.2, 0) is 0 Å². The third-order valence-electron chi connectivity index (χ3n) is 4.61. The number of nitrogens with zero attached hydrogens (tertiary/aromatic N) is 3. The highest BCUT2D eigenvalue weighted by Gasteiger charge is 2.17. The first-order valence-corrected chi connectivity index (χ1v) is 9.94. The molecule has 0 aliphatic heterocycles. The molecule has 5 nitrogen and oxygen atoms in total. The van der Waals surface area contributed by atoms with Crippen molar-refractivity contribution < 1.29 is 5.11 Å². The summed E-state index contributed by atoms with van der Waals surface area (Å²) in [5.41, 5.74) is 3.35. The Kier molecular flexibility index (Phi) is 5.74. The number of phenolic OH excluding ortho intramolecular Hbond substituents is 1. The second kappa shape index (κ2) is 8.61. The van der Waals surface area contributed by atoms with E-state index in [0.29, 0.717) is 17.2 Å². The molecule has 0 fully saturated rings. The Hall–Kier alpha value is -3.28. The van der Waals surface area contributed by atoms with Gasteiger partial charge in [0.1, 0.15) is 6.33 Å². The highest BCUT2D eigenvalue weighted by atomic mass is 35.5. The van der Waals surface area contributed by atoms with Crippen molar-refractivity contribution in [3.8, 4) is 11.4 Å². The van der Waals surface area contributed by atoms with Crippen LogP contribution in [-0.4, -0.2) is 19.9 Å². The third kappa shape index (κ3) is 4.17. The maximum absolute atomic E-state index is 9.75. The number of aromatic hydroxyl groups is 1. The third-order valence-corrected chi connectivity index (χ3v) is 5.19. The molecule has 1 aromatic heterocycles. The Labute approximate surface area is 184 Å². The smallest absolute Gasteiger partial charge is 0.197 e. The van der Waals surface area contributed by atoms with Crippen LogP contribution in [0.5, 0.6) is 5.75 Å². The summed E-state index contributed by atoms with van der Waals surface area (Å²) in [4.78, 5) is 4.36. The number of halogens is 2. The van der Waals surface area contributed by atoms with Gasteiger partial charge in [-0.2, -0.15) is 0 Å². The summed E-state index contributed by atoms with van der Waals surface area (Å²) in [7, 11) is 0. The van der Waals surface area contributed by atoms with Crippen LogP contribution < -0.4 is 5.32 Å². The molecule has 0 atom stereocenters. The minimum atomic E-state index is -0.165. The molecule has 0 saturated heterocycles. The van der Waals surface area contributed by atoms with E-state index in [-0.39, 0.29) is 21.8 Å². The van der Waals surface area contributed by atoms with Crippen LogP contribution in [0.15, 0.2) is 85.7 Å². The normalized spacial score (nSPS) is 10.9. The summed E-state index contributed by atoms with van der Waals surface area (Å²) in [5.74, 6) is 0.272. The number of benzene rings is 3. The predicted molar refractivity (Wildman–Crippen MR) is 120 cm³/mol. The number of phenols is 1. The van der Waals surface area contributed by atoms with E-state index in [2.05, 4.69) is 46.2 Å². The maximum atomic E-state index is 9.75. The summed E-state index contributed by atoms with van der Waals surface area (Å²) < 4.78 is 1.53. The summed E-state index contributed by atoms with van der Waals surface area (Å²) >= 11 is 12.0. The van der Waals surface area contributed by atoms with Crippen molar-refractivity contribution in [3.05, 3.63) is 113 Å². The van der Waals surface area contributed by atoms with E-state index in [1.807, 2.05) is 36.4 Å². The van der Waals surface area contributed by atoms with E-state index in [0.717, 1.165) is 11.1 Å². The molecule has 1 heterocycles. The number of hydrogen-bond donors (Lipinski definition) is 2. The van der Waals surface area contributed by atoms with Crippen LogP contribution in [0.4, 0.5) is 0 Å². The van der Waals surface area contributed by atoms with Crippen LogP contribution in [0.2, 0.25) is 10.0 Å². The standard InChI is InChI=1S/C23H18Cl2N4O/c1-15(23-26-14-29(28-23)18-12-19(24)22(30)20(25)13-18)27-21(16-8-4-2-5-9-16)17-10-6-3-7-11-17/h2-14,21,27,30H,1H2. The topological polar surface area (TPSA) is 63.0 Å². The van der Waals surface area contributed by atoms with Crippen LogP contribution in [0.25, 0.3) is 11.4 Å². The SMILES string of the molecule is C=C(NC(c1ccccc1)c1ccccc1)c1ncn(-c2cc(Cl)c(O)c(Cl)c2)n1. The molecule has 0 amide bonds. The Morgan fingerprint density at radius 3 is 2.00 bits per heavy atom. The predicted octanol–water partition coefficient (Wildman–Crippen LogP) is 5.63. The first kappa shape index (κ1) is 20.0. The molecule has 7 heteroatoms. The lowest BCUT2D eigenvalue weighted by Crippen LogP contribution is -2.21. The van der Waals surface area contributed by atoms with Crippen molar-refractivity contribution in [1.29, 1.82) is 0 Å². The Morgan fingerprint density at radius 2 is 1.47 bits per heavy atom. The molecule has 0 spiro atoms. The first-order valence-electron chi connectivity index (χ1n) is 9.18. The fourth-order valence-corrected chi connectivity index (χ4v) is 3.57. The highest BCUT2D eigenvalue weighted by molar-refractivity contribution is 6.37. The monoisotopic (exact) mass is 436 g/mol. The summed E-state index contributed by atoms with van der Waals surface area (Å²) in [5, 5.41) is 17.9. The molecule has 0 aliphatic carbocycles. The Morgan fingerprint density at radius 1 is 0.933 bits per heavy atom. The van der Waals surface area contributed by atoms with Gasteiger partial charge in [0.05, 0.1) is 27.5 Å². The maximum Gasteiger partial charge on any atom is 0.197 e.